The molecular weight excluding hydrogens is 312 g/mol. The lowest BCUT2D eigenvalue weighted by Gasteiger charge is -2.47. The first kappa shape index (κ1) is 15.9. The minimum Gasteiger partial charge on any atom is -0.365 e. The van der Waals surface area contributed by atoms with E-state index in [0.717, 1.165) is 36.5 Å². The molecule has 1 N–H and O–H groups in total. The van der Waals surface area contributed by atoms with E-state index < -0.39 is 0 Å². The van der Waals surface area contributed by atoms with Crippen LogP contribution in [0.3, 0.4) is 0 Å². The lowest BCUT2D eigenvalue weighted by atomic mass is 9.87. The van der Waals surface area contributed by atoms with Crippen molar-refractivity contribution < 1.29 is 4.79 Å². The molecule has 3 aliphatic heterocycles. The summed E-state index contributed by atoms with van der Waals surface area (Å²) in [6, 6.07) is 8.12. The smallest absolute Gasteiger partial charge is 0.298 e. The number of carbonyl (C=O) groups is 1. The van der Waals surface area contributed by atoms with Gasteiger partial charge in [-0.2, -0.15) is 0 Å². The molecule has 0 saturated heterocycles. The Morgan fingerprint density at radius 1 is 1.28 bits per heavy atom. The number of amides is 1. The van der Waals surface area contributed by atoms with Gasteiger partial charge < -0.3 is 10.2 Å². The quantitative estimate of drug-likeness (QED) is 0.901. The highest BCUT2D eigenvalue weighted by molar-refractivity contribution is 6.44. The molecule has 1 atom stereocenters. The van der Waals surface area contributed by atoms with E-state index in [1.807, 2.05) is 40.1 Å². The summed E-state index contributed by atoms with van der Waals surface area (Å²) in [7, 11) is 0. The van der Waals surface area contributed by atoms with Gasteiger partial charge in [-0.3, -0.25) is 9.69 Å². The zero-order chi connectivity index (χ0) is 17.6. The van der Waals surface area contributed by atoms with E-state index in [0.29, 0.717) is 12.4 Å². The lowest BCUT2D eigenvalue weighted by Crippen LogP contribution is -2.59. The van der Waals surface area contributed by atoms with Crippen LogP contribution in [0.2, 0.25) is 0 Å². The summed E-state index contributed by atoms with van der Waals surface area (Å²) in [4.78, 5) is 21.4. The number of carbonyl (C=O) groups excluding carboxylic acids is 1. The SMILES string of the molecule is CCC1(C)CCC2=C(N1)N1CC=CN=C1C(=O)N2c1ccc(C)cc1. The highest BCUT2D eigenvalue weighted by Gasteiger charge is 2.43. The van der Waals surface area contributed by atoms with Crippen LogP contribution in [0, 0.1) is 6.92 Å². The fourth-order valence-electron chi connectivity index (χ4n) is 3.63. The molecule has 1 unspecified atom stereocenters. The molecule has 3 heterocycles. The molecule has 0 spiro atoms. The largest absolute Gasteiger partial charge is 0.365 e. The maximum absolute atomic E-state index is 13.2. The number of anilines is 1. The molecule has 1 aromatic carbocycles. The summed E-state index contributed by atoms with van der Waals surface area (Å²) in [6.07, 6.45) is 6.64. The van der Waals surface area contributed by atoms with E-state index in [-0.39, 0.29) is 11.4 Å². The Balaban J connectivity index is 1.85. The Kier molecular flexibility index (Phi) is 3.67. The molecule has 0 saturated carbocycles. The first-order chi connectivity index (χ1) is 12.0. The number of amidine groups is 1. The highest BCUT2D eigenvalue weighted by Crippen LogP contribution is 2.37. The third-order valence-electron chi connectivity index (χ3n) is 5.46. The first-order valence-corrected chi connectivity index (χ1v) is 8.95. The number of hydrogen-bond donors (Lipinski definition) is 1. The van der Waals surface area contributed by atoms with Crippen molar-refractivity contribution >= 4 is 17.4 Å². The minimum absolute atomic E-state index is 0.0461. The van der Waals surface area contributed by atoms with E-state index in [2.05, 4.69) is 31.1 Å². The molecule has 0 fully saturated rings. The van der Waals surface area contributed by atoms with Crippen LogP contribution in [-0.4, -0.2) is 28.7 Å². The monoisotopic (exact) mass is 336 g/mol. The van der Waals surface area contributed by atoms with Crippen molar-refractivity contribution in [2.75, 3.05) is 11.4 Å². The van der Waals surface area contributed by atoms with Crippen molar-refractivity contribution in [3.63, 3.8) is 0 Å². The number of hydrogen-bond acceptors (Lipinski definition) is 4. The maximum Gasteiger partial charge on any atom is 0.298 e. The van der Waals surface area contributed by atoms with Crippen molar-refractivity contribution in [1.29, 1.82) is 0 Å². The normalized spacial score (nSPS) is 25.4. The number of nitrogens with zero attached hydrogens (tertiary/aromatic N) is 3. The third kappa shape index (κ3) is 2.54. The van der Waals surface area contributed by atoms with Gasteiger partial charge in [-0.1, -0.05) is 24.6 Å². The Bertz CT molecular complexity index is 805. The van der Waals surface area contributed by atoms with Crippen LogP contribution in [-0.2, 0) is 4.79 Å². The van der Waals surface area contributed by atoms with Crippen molar-refractivity contribution in [2.24, 2.45) is 4.99 Å². The zero-order valence-corrected chi connectivity index (χ0v) is 15.0. The standard InChI is InChI=1S/C20H24N4O/c1-4-20(3)11-10-16-17(22-20)23-13-5-12-21-18(23)19(25)24(16)15-8-6-14(2)7-9-15/h5-9,12,22H,4,10-11,13H2,1-3H3. The molecule has 1 aromatic rings. The van der Waals surface area contributed by atoms with Gasteiger partial charge in [0.2, 0.25) is 5.84 Å². The number of benzene rings is 1. The molecule has 25 heavy (non-hydrogen) atoms. The number of nitrogens with one attached hydrogen (secondary N) is 1. The van der Waals surface area contributed by atoms with Gasteiger partial charge in [0.1, 0.15) is 5.82 Å². The molecule has 1 amide bonds. The molecule has 4 rings (SSSR count). The lowest BCUT2D eigenvalue weighted by molar-refractivity contribution is -0.113. The Morgan fingerprint density at radius 3 is 2.76 bits per heavy atom. The predicted octanol–water partition coefficient (Wildman–Crippen LogP) is 3.29. The minimum atomic E-state index is -0.0474. The van der Waals surface area contributed by atoms with Gasteiger partial charge in [0.05, 0.1) is 5.70 Å². The molecule has 130 valence electrons. The van der Waals surface area contributed by atoms with Gasteiger partial charge in [0.25, 0.3) is 5.91 Å². The number of fused-ring (bicyclic) bond motifs is 2. The summed E-state index contributed by atoms with van der Waals surface area (Å²) in [6.45, 7) is 7.19. The Labute approximate surface area is 148 Å². The second-order valence-corrected chi connectivity index (χ2v) is 7.26. The summed E-state index contributed by atoms with van der Waals surface area (Å²) < 4.78 is 0. The van der Waals surface area contributed by atoms with Gasteiger partial charge in [-0.05, 0) is 51.3 Å². The average Bonchev–Trinajstić information content (AvgIpc) is 2.64. The van der Waals surface area contributed by atoms with Crippen molar-refractivity contribution in [3.8, 4) is 0 Å². The number of rotatable bonds is 2. The van der Waals surface area contributed by atoms with Gasteiger partial charge in [0.15, 0.2) is 0 Å². The summed E-state index contributed by atoms with van der Waals surface area (Å²) in [5, 5.41) is 3.71. The molecule has 0 radical (unpaired) electrons. The summed E-state index contributed by atoms with van der Waals surface area (Å²) in [5.74, 6) is 1.47. The van der Waals surface area contributed by atoms with E-state index in [1.165, 1.54) is 5.56 Å². The second-order valence-electron chi connectivity index (χ2n) is 7.26. The topological polar surface area (TPSA) is 47.9 Å². The highest BCUT2D eigenvalue weighted by atomic mass is 16.2. The van der Waals surface area contributed by atoms with E-state index >= 15 is 0 Å². The number of aryl methyl sites for hydroxylation is 1. The van der Waals surface area contributed by atoms with Crippen LogP contribution >= 0.6 is 0 Å². The molecule has 5 nitrogen and oxygen atoms in total. The van der Waals surface area contributed by atoms with Crippen LogP contribution in [0.5, 0.6) is 0 Å². The molecular formula is C20H24N4O. The first-order valence-electron chi connectivity index (χ1n) is 8.95. The van der Waals surface area contributed by atoms with E-state index in [1.54, 1.807) is 6.20 Å². The molecule has 0 aromatic heterocycles. The fourth-order valence-corrected chi connectivity index (χ4v) is 3.63. The number of aliphatic imine (C=N–C) groups is 1. The van der Waals surface area contributed by atoms with Gasteiger partial charge in [-0.25, -0.2) is 4.99 Å². The summed E-state index contributed by atoms with van der Waals surface area (Å²) in [5.41, 5.74) is 3.18. The zero-order valence-electron chi connectivity index (χ0n) is 15.0. The van der Waals surface area contributed by atoms with E-state index in [4.69, 9.17) is 0 Å². The summed E-state index contributed by atoms with van der Waals surface area (Å²) >= 11 is 0. The fraction of sp³-hybridized carbons (Fsp3) is 0.400. The molecule has 3 aliphatic rings. The van der Waals surface area contributed by atoms with Gasteiger partial charge in [0, 0.05) is 24.0 Å². The third-order valence-corrected chi connectivity index (χ3v) is 5.46. The van der Waals surface area contributed by atoms with E-state index in [9.17, 15) is 4.79 Å². The molecule has 0 aliphatic carbocycles. The van der Waals surface area contributed by atoms with Gasteiger partial charge >= 0.3 is 0 Å². The molecule has 5 heteroatoms. The van der Waals surface area contributed by atoms with Crippen molar-refractivity contribution in [1.82, 2.24) is 10.2 Å². The van der Waals surface area contributed by atoms with Crippen LogP contribution < -0.4 is 10.2 Å². The Morgan fingerprint density at radius 2 is 2.04 bits per heavy atom. The number of allylic oxidation sites excluding steroid dienone is 1. The second kappa shape index (κ2) is 5.76. The maximum atomic E-state index is 13.2. The van der Waals surface area contributed by atoms with Crippen molar-refractivity contribution in [2.45, 2.75) is 45.6 Å². The van der Waals surface area contributed by atoms with Crippen LogP contribution in [0.15, 0.2) is 53.1 Å². The van der Waals surface area contributed by atoms with Crippen LogP contribution in [0.25, 0.3) is 0 Å². The van der Waals surface area contributed by atoms with Crippen LogP contribution in [0.4, 0.5) is 5.69 Å². The van der Waals surface area contributed by atoms with Crippen LogP contribution in [0.1, 0.15) is 38.7 Å². The predicted molar refractivity (Wildman–Crippen MR) is 100 cm³/mol. The average molecular weight is 336 g/mol. The van der Waals surface area contributed by atoms with Crippen molar-refractivity contribution in [3.05, 3.63) is 53.6 Å². The van der Waals surface area contributed by atoms with Gasteiger partial charge in [-0.15, -0.1) is 0 Å². The Hall–Kier alpha value is -2.56. The molecule has 0 bridgehead atoms.